The molecule has 0 aromatic carbocycles. The Bertz CT molecular complexity index is 672. The number of hydrogen-bond donors (Lipinski definition) is 3. The fourth-order valence-electron chi connectivity index (χ4n) is 2.06. The topological polar surface area (TPSA) is 61.4 Å². The molecule has 3 aromatic heterocycles. The predicted molar refractivity (Wildman–Crippen MR) is 93.0 cm³/mol. The SMILES string of the molecule is O=C(NCC(O)(c1ccsc1)c1cccs1)Nc1cccs1. The highest BCUT2D eigenvalue weighted by molar-refractivity contribution is 7.14. The van der Waals surface area contributed by atoms with Gasteiger partial charge in [-0.15, -0.1) is 22.7 Å². The van der Waals surface area contributed by atoms with Gasteiger partial charge < -0.3 is 10.4 Å². The molecule has 0 saturated carbocycles. The van der Waals surface area contributed by atoms with Gasteiger partial charge in [-0.25, -0.2) is 4.79 Å². The number of aliphatic hydroxyl groups is 1. The van der Waals surface area contributed by atoms with Crippen LogP contribution in [0.5, 0.6) is 0 Å². The third-order valence-corrected chi connectivity index (χ3v) is 5.68. The maximum atomic E-state index is 12.0. The Kier molecular flexibility index (Phi) is 4.58. The average molecular weight is 350 g/mol. The second-order valence-corrected chi connectivity index (χ2v) is 7.31. The number of thiophene rings is 3. The van der Waals surface area contributed by atoms with Gasteiger partial charge in [0.15, 0.2) is 0 Å². The standard InChI is InChI=1S/C15H14N2O2S3/c18-14(17-13-4-2-7-22-13)16-10-15(19,11-5-8-20-9-11)12-3-1-6-21-12/h1-9,19H,10H2,(H2,16,17,18). The molecule has 0 spiro atoms. The molecule has 3 rings (SSSR count). The molecule has 3 heterocycles. The zero-order chi connectivity index (χ0) is 15.4. The van der Waals surface area contributed by atoms with Crippen LogP contribution in [-0.2, 0) is 5.60 Å². The molecule has 0 bridgehead atoms. The Morgan fingerprint density at radius 3 is 2.59 bits per heavy atom. The van der Waals surface area contributed by atoms with Gasteiger partial charge in [0, 0.05) is 10.4 Å². The van der Waals surface area contributed by atoms with Crippen LogP contribution in [0.15, 0.2) is 51.9 Å². The Hall–Kier alpha value is -1.67. The van der Waals surface area contributed by atoms with E-state index in [4.69, 9.17) is 0 Å². The first-order chi connectivity index (χ1) is 10.7. The van der Waals surface area contributed by atoms with Gasteiger partial charge in [0.1, 0.15) is 5.60 Å². The van der Waals surface area contributed by atoms with Gasteiger partial charge in [0.25, 0.3) is 0 Å². The lowest BCUT2D eigenvalue weighted by atomic mass is 9.94. The van der Waals surface area contributed by atoms with E-state index in [2.05, 4.69) is 10.6 Å². The first-order valence-electron chi connectivity index (χ1n) is 6.56. The number of carbonyl (C=O) groups excluding carboxylic acids is 1. The molecule has 0 fully saturated rings. The van der Waals surface area contributed by atoms with Crippen LogP contribution < -0.4 is 10.6 Å². The highest BCUT2D eigenvalue weighted by Crippen LogP contribution is 2.33. The van der Waals surface area contributed by atoms with Crippen molar-refractivity contribution in [3.8, 4) is 0 Å². The summed E-state index contributed by atoms with van der Waals surface area (Å²) in [6.45, 7) is 0.113. The summed E-state index contributed by atoms with van der Waals surface area (Å²) >= 11 is 4.44. The minimum absolute atomic E-state index is 0.113. The van der Waals surface area contributed by atoms with Crippen LogP contribution in [0.4, 0.5) is 9.80 Å². The van der Waals surface area contributed by atoms with E-state index in [-0.39, 0.29) is 12.6 Å². The summed E-state index contributed by atoms with van der Waals surface area (Å²) in [7, 11) is 0. The van der Waals surface area contributed by atoms with Crippen LogP contribution in [-0.4, -0.2) is 17.7 Å². The molecule has 0 saturated heterocycles. The minimum atomic E-state index is -1.21. The monoisotopic (exact) mass is 350 g/mol. The van der Waals surface area contributed by atoms with E-state index in [1.165, 1.54) is 34.0 Å². The Balaban J connectivity index is 1.73. The lowest BCUT2D eigenvalue weighted by molar-refractivity contribution is 0.0871. The van der Waals surface area contributed by atoms with Gasteiger partial charge in [-0.05, 0) is 45.8 Å². The smallest absolute Gasteiger partial charge is 0.319 e. The molecule has 4 nitrogen and oxygen atoms in total. The number of urea groups is 1. The van der Waals surface area contributed by atoms with E-state index >= 15 is 0 Å². The van der Waals surface area contributed by atoms with Gasteiger partial charge >= 0.3 is 6.03 Å². The molecule has 0 aliphatic rings. The fourth-order valence-corrected chi connectivity index (χ4v) is 4.24. The van der Waals surface area contributed by atoms with Crippen molar-refractivity contribution in [2.24, 2.45) is 0 Å². The van der Waals surface area contributed by atoms with Crippen LogP contribution in [0.3, 0.4) is 0 Å². The summed E-state index contributed by atoms with van der Waals surface area (Å²) in [6.07, 6.45) is 0. The lowest BCUT2D eigenvalue weighted by Crippen LogP contribution is -2.42. The summed E-state index contributed by atoms with van der Waals surface area (Å²) < 4.78 is 0. The number of anilines is 1. The Labute approximate surface area is 140 Å². The van der Waals surface area contributed by atoms with Crippen LogP contribution in [0, 0.1) is 0 Å². The van der Waals surface area contributed by atoms with Crippen molar-refractivity contribution in [2.45, 2.75) is 5.60 Å². The summed E-state index contributed by atoms with van der Waals surface area (Å²) in [5.74, 6) is 0. The molecular weight excluding hydrogens is 336 g/mol. The van der Waals surface area contributed by atoms with Crippen molar-refractivity contribution in [3.05, 3.63) is 62.3 Å². The number of amides is 2. The Morgan fingerprint density at radius 2 is 1.95 bits per heavy atom. The summed E-state index contributed by atoms with van der Waals surface area (Å²) in [6, 6.07) is 9.02. The van der Waals surface area contributed by atoms with Gasteiger partial charge in [-0.3, -0.25) is 5.32 Å². The molecular formula is C15H14N2O2S3. The molecule has 3 aromatic rings. The predicted octanol–water partition coefficient (Wildman–Crippen LogP) is 3.93. The second-order valence-electron chi connectivity index (χ2n) is 4.63. The fraction of sp³-hybridized carbons (Fsp3) is 0.133. The van der Waals surface area contributed by atoms with Gasteiger partial charge in [0.2, 0.25) is 0 Å². The number of hydrogen-bond acceptors (Lipinski definition) is 5. The molecule has 1 atom stereocenters. The maximum absolute atomic E-state index is 12.0. The van der Waals surface area contributed by atoms with Crippen molar-refractivity contribution in [3.63, 3.8) is 0 Å². The molecule has 0 aliphatic heterocycles. The summed E-state index contributed by atoms with van der Waals surface area (Å²) in [5.41, 5.74) is -0.419. The van der Waals surface area contributed by atoms with E-state index < -0.39 is 5.60 Å². The highest BCUT2D eigenvalue weighted by Gasteiger charge is 2.33. The summed E-state index contributed by atoms with van der Waals surface area (Å²) in [4.78, 5) is 12.8. The molecule has 7 heteroatoms. The van der Waals surface area contributed by atoms with E-state index in [1.54, 1.807) is 0 Å². The summed E-state index contributed by atoms with van der Waals surface area (Å²) in [5, 5.41) is 25.0. The van der Waals surface area contributed by atoms with Crippen molar-refractivity contribution in [2.75, 3.05) is 11.9 Å². The zero-order valence-electron chi connectivity index (χ0n) is 11.5. The van der Waals surface area contributed by atoms with E-state index in [0.29, 0.717) is 0 Å². The number of carbonyl (C=O) groups is 1. The van der Waals surface area contributed by atoms with Crippen LogP contribution in [0.1, 0.15) is 10.4 Å². The van der Waals surface area contributed by atoms with Crippen LogP contribution >= 0.6 is 34.0 Å². The molecule has 0 aliphatic carbocycles. The largest absolute Gasteiger partial charge is 0.378 e. The molecule has 2 amide bonds. The quantitative estimate of drug-likeness (QED) is 0.653. The molecule has 22 heavy (non-hydrogen) atoms. The zero-order valence-corrected chi connectivity index (χ0v) is 13.9. The normalized spacial score (nSPS) is 13.5. The average Bonchev–Trinajstić information content (AvgIpc) is 3.26. The van der Waals surface area contributed by atoms with Crippen molar-refractivity contribution in [1.82, 2.24) is 5.32 Å². The van der Waals surface area contributed by atoms with E-state index in [0.717, 1.165) is 15.4 Å². The van der Waals surface area contributed by atoms with Crippen LogP contribution in [0.25, 0.3) is 0 Å². The van der Waals surface area contributed by atoms with E-state index in [9.17, 15) is 9.90 Å². The third-order valence-electron chi connectivity index (χ3n) is 3.19. The van der Waals surface area contributed by atoms with Crippen molar-refractivity contribution in [1.29, 1.82) is 0 Å². The number of rotatable bonds is 5. The van der Waals surface area contributed by atoms with Gasteiger partial charge in [-0.1, -0.05) is 6.07 Å². The number of nitrogens with one attached hydrogen (secondary N) is 2. The minimum Gasteiger partial charge on any atom is -0.378 e. The first-order valence-corrected chi connectivity index (χ1v) is 9.26. The maximum Gasteiger partial charge on any atom is 0.319 e. The molecule has 3 N–H and O–H groups in total. The van der Waals surface area contributed by atoms with Crippen molar-refractivity contribution >= 4 is 45.0 Å². The molecule has 114 valence electrons. The third kappa shape index (κ3) is 3.22. The van der Waals surface area contributed by atoms with Gasteiger partial charge in [0.05, 0.1) is 11.5 Å². The van der Waals surface area contributed by atoms with Crippen LogP contribution in [0.2, 0.25) is 0 Å². The van der Waals surface area contributed by atoms with Gasteiger partial charge in [-0.2, -0.15) is 11.3 Å². The molecule has 0 radical (unpaired) electrons. The second kappa shape index (κ2) is 6.62. The van der Waals surface area contributed by atoms with Crippen molar-refractivity contribution < 1.29 is 9.90 Å². The molecule has 1 unspecified atom stereocenters. The first kappa shape index (κ1) is 15.2. The van der Waals surface area contributed by atoms with E-state index in [1.807, 2.05) is 51.9 Å². The Morgan fingerprint density at radius 1 is 1.14 bits per heavy atom. The highest BCUT2D eigenvalue weighted by atomic mass is 32.1. The lowest BCUT2D eigenvalue weighted by Gasteiger charge is -2.26.